The number of nitrogens with zero attached hydrogens (tertiary/aromatic N) is 1. The Morgan fingerprint density at radius 1 is 1.23 bits per heavy atom. The number of aromatic nitrogens is 1. The number of ether oxygens (including phenoxy) is 1. The number of ketones is 1. The Kier molecular flexibility index (Phi) is 4.92. The minimum Gasteiger partial charge on any atom is -0.453 e. The van der Waals surface area contributed by atoms with Crippen LogP contribution >= 0.6 is 11.3 Å². The van der Waals surface area contributed by atoms with Gasteiger partial charge in [-0.25, -0.2) is 0 Å². The summed E-state index contributed by atoms with van der Waals surface area (Å²) >= 11 is 1.03. The predicted octanol–water partition coefficient (Wildman–Crippen LogP) is 2.34. The number of esters is 1. The van der Waals surface area contributed by atoms with Crippen LogP contribution in [0.5, 0.6) is 0 Å². The van der Waals surface area contributed by atoms with Gasteiger partial charge in [-0.1, -0.05) is 41.2 Å². The van der Waals surface area contributed by atoms with Crippen molar-refractivity contribution in [3.05, 3.63) is 56.1 Å². The molecule has 0 aliphatic rings. The monoisotopic (exact) mass is 319 g/mol. The molecular weight excluding hydrogens is 302 g/mol. The summed E-state index contributed by atoms with van der Waals surface area (Å²) in [6.45, 7) is 5.02. The fourth-order valence-corrected chi connectivity index (χ4v) is 2.70. The second-order valence-corrected chi connectivity index (χ2v) is 5.91. The molecule has 0 radical (unpaired) electrons. The average Bonchev–Trinajstić information content (AvgIpc) is 2.79. The van der Waals surface area contributed by atoms with Crippen LogP contribution in [0.4, 0.5) is 0 Å². The minimum absolute atomic E-state index is 0.181. The van der Waals surface area contributed by atoms with Gasteiger partial charge in [0.15, 0.2) is 6.10 Å². The van der Waals surface area contributed by atoms with Crippen LogP contribution in [-0.4, -0.2) is 22.4 Å². The third-order valence-corrected chi connectivity index (χ3v) is 4.16. The van der Waals surface area contributed by atoms with Crippen molar-refractivity contribution >= 4 is 23.1 Å². The van der Waals surface area contributed by atoms with E-state index in [-0.39, 0.29) is 17.2 Å². The fraction of sp³-hybridized carbons (Fsp3) is 0.312. The number of aryl methyl sites for hydroxylation is 2. The lowest BCUT2D eigenvalue weighted by Crippen LogP contribution is -2.29. The van der Waals surface area contributed by atoms with Gasteiger partial charge in [-0.15, -0.1) is 0 Å². The lowest BCUT2D eigenvalue weighted by molar-refractivity contribution is -0.147. The normalized spacial score (nSPS) is 12.0. The van der Waals surface area contributed by atoms with Gasteiger partial charge in [-0.2, -0.15) is 0 Å². The number of carbonyl (C=O) groups is 2. The van der Waals surface area contributed by atoms with Crippen LogP contribution in [0.2, 0.25) is 0 Å². The van der Waals surface area contributed by atoms with Gasteiger partial charge < -0.3 is 4.74 Å². The highest BCUT2D eigenvalue weighted by Crippen LogP contribution is 2.09. The van der Waals surface area contributed by atoms with Gasteiger partial charge in [0.05, 0.1) is 0 Å². The number of Topliss-reactive ketones (excluding diaryl/α,β-unsaturated/α-hetero) is 1. The lowest BCUT2D eigenvalue weighted by Gasteiger charge is -2.13. The van der Waals surface area contributed by atoms with Crippen LogP contribution in [0.3, 0.4) is 0 Å². The second kappa shape index (κ2) is 6.70. The molecule has 116 valence electrons. The van der Waals surface area contributed by atoms with Crippen molar-refractivity contribution in [2.24, 2.45) is 0 Å². The van der Waals surface area contributed by atoms with E-state index >= 15 is 0 Å². The van der Waals surface area contributed by atoms with Crippen molar-refractivity contribution in [2.75, 3.05) is 0 Å². The van der Waals surface area contributed by atoms with Crippen LogP contribution in [0.25, 0.3) is 0 Å². The first-order valence-corrected chi connectivity index (χ1v) is 7.71. The fourth-order valence-electron chi connectivity index (χ4n) is 1.97. The zero-order valence-corrected chi connectivity index (χ0v) is 13.5. The van der Waals surface area contributed by atoms with E-state index < -0.39 is 12.1 Å². The first-order valence-electron chi connectivity index (χ1n) is 6.84. The number of carbonyl (C=O) groups excluding carboxylic acids is 2. The predicted molar refractivity (Wildman–Crippen MR) is 84.4 cm³/mol. The summed E-state index contributed by atoms with van der Waals surface area (Å²) in [4.78, 5) is 35.4. The molecule has 5 nitrogen and oxygen atoms in total. The first-order chi connectivity index (χ1) is 10.4. The molecule has 2 aromatic rings. The molecule has 22 heavy (non-hydrogen) atoms. The van der Waals surface area contributed by atoms with Gasteiger partial charge >= 0.3 is 10.8 Å². The van der Waals surface area contributed by atoms with E-state index in [0.717, 1.165) is 16.9 Å². The van der Waals surface area contributed by atoms with Crippen molar-refractivity contribution in [1.82, 2.24) is 4.57 Å². The molecule has 0 bridgehead atoms. The minimum atomic E-state index is -0.884. The third kappa shape index (κ3) is 3.71. The smallest absolute Gasteiger partial charge is 0.326 e. The Morgan fingerprint density at radius 3 is 2.41 bits per heavy atom. The molecule has 1 heterocycles. The van der Waals surface area contributed by atoms with E-state index in [9.17, 15) is 14.4 Å². The average molecular weight is 319 g/mol. The first kappa shape index (κ1) is 16.2. The van der Waals surface area contributed by atoms with Crippen LogP contribution in [-0.2, 0) is 16.1 Å². The number of hydrogen-bond acceptors (Lipinski definition) is 5. The van der Waals surface area contributed by atoms with E-state index in [1.807, 2.05) is 19.1 Å². The van der Waals surface area contributed by atoms with Crippen molar-refractivity contribution in [2.45, 2.75) is 33.4 Å². The highest BCUT2D eigenvalue weighted by molar-refractivity contribution is 7.07. The maximum Gasteiger partial charge on any atom is 0.326 e. The summed E-state index contributed by atoms with van der Waals surface area (Å²) in [7, 11) is 0. The Bertz CT molecular complexity index is 742. The molecule has 1 aromatic carbocycles. The maximum atomic E-state index is 12.2. The molecule has 2 rings (SSSR count). The Labute approximate surface area is 132 Å². The summed E-state index contributed by atoms with van der Waals surface area (Å²) in [6, 6.07) is 7.07. The van der Waals surface area contributed by atoms with Gasteiger partial charge in [0.25, 0.3) is 0 Å². The van der Waals surface area contributed by atoms with Crippen molar-refractivity contribution < 1.29 is 14.3 Å². The molecule has 0 aliphatic carbocycles. The topological polar surface area (TPSA) is 65.4 Å². The van der Waals surface area contributed by atoms with Crippen LogP contribution in [0.15, 0.2) is 34.4 Å². The molecule has 0 N–H and O–H groups in total. The number of benzene rings is 1. The van der Waals surface area contributed by atoms with Crippen LogP contribution in [0, 0.1) is 13.8 Å². The van der Waals surface area contributed by atoms with Crippen molar-refractivity contribution in [1.29, 1.82) is 0 Å². The summed E-state index contributed by atoms with van der Waals surface area (Å²) < 4.78 is 6.47. The molecule has 0 unspecified atom stereocenters. The SMILES string of the molecule is Cc1ccc(C(=O)[C@@H](C)OC(=O)Cn2c(C)csc2=O)cc1. The molecular formula is C16H17NO4S. The molecule has 6 heteroatoms. The molecule has 0 amide bonds. The molecule has 0 spiro atoms. The zero-order chi connectivity index (χ0) is 16.3. The Morgan fingerprint density at radius 2 is 1.86 bits per heavy atom. The number of rotatable bonds is 5. The summed E-state index contributed by atoms with van der Waals surface area (Å²) in [5.74, 6) is -0.862. The van der Waals surface area contributed by atoms with E-state index in [1.165, 1.54) is 11.5 Å². The molecule has 0 saturated heterocycles. The van der Waals surface area contributed by atoms with E-state index in [0.29, 0.717) is 11.3 Å². The lowest BCUT2D eigenvalue weighted by atomic mass is 10.1. The standard InChI is InChI=1S/C16H17NO4S/c1-10-4-6-13(7-5-10)15(19)12(3)21-14(18)8-17-11(2)9-22-16(17)20/h4-7,9,12H,8H2,1-3H3/t12-/m1/s1. The van der Waals surface area contributed by atoms with Gasteiger partial charge in [-0.05, 0) is 20.8 Å². The third-order valence-electron chi connectivity index (χ3n) is 3.28. The molecule has 1 aromatic heterocycles. The Balaban J connectivity index is 2.00. The quantitative estimate of drug-likeness (QED) is 0.627. The molecule has 0 aliphatic heterocycles. The summed E-state index contributed by atoms with van der Waals surface area (Å²) in [5, 5.41) is 1.68. The largest absolute Gasteiger partial charge is 0.453 e. The maximum absolute atomic E-state index is 12.2. The van der Waals surface area contributed by atoms with Gasteiger partial charge in [0, 0.05) is 16.6 Å². The van der Waals surface area contributed by atoms with E-state index in [2.05, 4.69) is 0 Å². The highest BCUT2D eigenvalue weighted by Gasteiger charge is 2.20. The summed E-state index contributed by atoms with van der Waals surface area (Å²) in [6.07, 6.45) is -0.884. The highest BCUT2D eigenvalue weighted by atomic mass is 32.1. The van der Waals surface area contributed by atoms with Crippen LogP contribution in [0.1, 0.15) is 28.5 Å². The van der Waals surface area contributed by atoms with Gasteiger partial charge in [0.2, 0.25) is 5.78 Å². The number of hydrogen-bond donors (Lipinski definition) is 0. The molecule has 0 saturated carbocycles. The number of thiazole rings is 1. The summed E-state index contributed by atoms with van der Waals surface area (Å²) in [5.41, 5.74) is 2.24. The molecule has 1 atom stereocenters. The van der Waals surface area contributed by atoms with Gasteiger partial charge in [0.1, 0.15) is 6.54 Å². The van der Waals surface area contributed by atoms with Gasteiger partial charge in [-0.3, -0.25) is 19.0 Å². The zero-order valence-electron chi connectivity index (χ0n) is 12.7. The molecule has 0 fully saturated rings. The van der Waals surface area contributed by atoms with Crippen molar-refractivity contribution in [3.8, 4) is 0 Å². The van der Waals surface area contributed by atoms with E-state index in [1.54, 1.807) is 24.4 Å². The second-order valence-electron chi connectivity index (χ2n) is 5.09. The van der Waals surface area contributed by atoms with Crippen molar-refractivity contribution in [3.63, 3.8) is 0 Å². The van der Waals surface area contributed by atoms with Crippen LogP contribution < -0.4 is 4.87 Å². The Hall–Kier alpha value is -2.21. The van der Waals surface area contributed by atoms with E-state index in [4.69, 9.17) is 4.74 Å².